The minimum Gasteiger partial charge on any atom is -0.389 e. The fourth-order valence-corrected chi connectivity index (χ4v) is 2.30. The zero-order chi connectivity index (χ0) is 10.8. The van der Waals surface area contributed by atoms with Crippen LogP contribution in [0.4, 0.5) is 0 Å². The third-order valence-electron chi connectivity index (χ3n) is 3.18. The van der Waals surface area contributed by atoms with Crippen LogP contribution in [-0.4, -0.2) is 11.2 Å². The smallest absolute Gasteiger partial charge is 0.0692 e. The summed E-state index contributed by atoms with van der Waals surface area (Å²) in [5.41, 5.74) is 1.62. The molecule has 1 fully saturated rings. The molecule has 0 saturated heterocycles. The van der Waals surface area contributed by atoms with Crippen molar-refractivity contribution in [2.75, 3.05) is 0 Å². The molecule has 0 amide bonds. The zero-order valence-electron chi connectivity index (χ0n) is 9.59. The van der Waals surface area contributed by atoms with Crippen molar-refractivity contribution in [1.82, 2.24) is 0 Å². The van der Waals surface area contributed by atoms with E-state index in [1.807, 2.05) is 6.08 Å². The summed E-state index contributed by atoms with van der Waals surface area (Å²) < 4.78 is 0. The Labute approximate surface area is 87.5 Å². The molecule has 1 rings (SSSR count). The van der Waals surface area contributed by atoms with E-state index in [-0.39, 0.29) is 6.10 Å². The number of hydrogen-bond donors (Lipinski definition) is 1. The number of aliphatic hydroxyl groups is 1. The van der Waals surface area contributed by atoms with Gasteiger partial charge in [-0.25, -0.2) is 0 Å². The molecule has 0 unspecified atom stereocenters. The molecule has 0 heterocycles. The van der Waals surface area contributed by atoms with Crippen LogP contribution in [0.2, 0.25) is 0 Å². The molecule has 1 heteroatoms. The second kappa shape index (κ2) is 4.31. The van der Waals surface area contributed by atoms with Gasteiger partial charge < -0.3 is 5.11 Å². The highest BCUT2D eigenvalue weighted by molar-refractivity contribution is 5.17. The van der Waals surface area contributed by atoms with Crippen molar-refractivity contribution < 1.29 is 5.11 Å². The first kappa shape index (κ1) is 11.5. The van der Waals surface area contributed by atoms with Crippen molar-refractivity contribution in [3.05, 3.63) is 24.3 Å². The van der Waals surface area contributed by atoms with E-state index in [9.17, 15) is 5.11 Å². The van der Waals surface area contributed by atoms with Crippen LogP contribution < -0.4 is 0 Å². The van der Waals surface area contributed by atoms with Crippen LogP contribution in [0.15, 0.2) is 24.3 Å². The lowest BCUT2D eigenvalue weighted by Crippen LogP contribution is -2.28. The highest BCUT2D eigenvalue weighted by Crippen LogP contribution is 2.43. The van der Waals surface area contributed by atoms with Gasteiger partial charge in [0.1, 0.15) is 0 Å². The van der Waals surface area contributed by atoms with Crippen LogP contribution in [0.3, 0.4) is 0 Å². The number of allylic oxidation sites excluding steroid dienone is 2. The Kier molecular flexibility index (Phi) is 3.54. The van der Waals surface area contributed by atoms with Gasteiger partial charge in [-0.2, -0.15) is 0 Å². The van der Waals surface area contributed by atoms with Crippen molar-refractivity contribution >= 4 is 0 Å². The standard InChI is InChI=1S/C13H22O/c1-10-6-5-9-13(3,4)12(10)8-7-11(2)14/h7-8,11-12,14H,1,5-6,9H2,2-4H3/b8-7+/t11-,12+/m0/s1. The molecular formula is C13H22O. The molecule has 1 saturated carbocycles. The summed E-state index contributed by atoms with van der Waals surface area (Å²) in [6, 6.07) is 0. The summed E-state index contributed by atoms with van der Waals surface area (Å²) in [6.45, 7) is 10.5. The Morgan fingerprint density at radius 3 is 2.71 bits per heavy atom. The molecule has 0 aliphatic heterocycles. The van der Waals surface area contributed by atoms with Crippen LogP contribution in [-0.2, 0) is 0 Å². The average molecular weight is 194 g/mol. The van der Waals surface area contributed by atoms with E-state index in [1.165, 1.54) is 18.4 Å². The quantitative estimate of drug-likeness (QED) is 0.669. The van der Waals surface area contributed by atoms with Crippen molar-refractivity contribution in [3.8, 4) is 0 Å². The van der Waals surface area contributed by atoms with E-state index in [2.05, 4.69) is 26.5 Å². The molecule has 0 radical (unpaired) electrons. The minimum atomic E-state index is -0.347. The minimum absolute atomic E-state index is 0.306. The van der Waals surface area contributed by atoms with Crippen LogP contribution >= 0.6 is 0 Å². The Hall–Kier alpha value is -0.560. The molecule has 1 N–H and O–H groups in total. The third kappa shape index (κ3) is 2.71. The lowest BCUT2D eigenvalue weighted by Gasteiger charge is -2.38. The SMILES string of the molecule is C=C1CCCC(C)(C)[C@@H]1/C=C/[C@H](C)O. The van der Waals surface area contributed by atoms with Gasteiger partial charge in [0, 0.05) is 5.92 Å². The molecular weight excluding hydrogens is 172 g/mol. The van der Waals surface area contributed by atoms with Crippen LogP contribution in [0.1, 0.15) is 40.0 Å². The summed E-state index contributed by atoms with van der Waals surface area (Å²) in [5, 5.41) is 9.22. The molecule has 0 spiro atoms. The van der Waals surface area contributed by atoms with Gasteiger partial charge in [-0.15, -0.1) is 0 Å². The maximum atomic E-state index is 9.22. The van der Waals surface area contributed by atoms with E-state index in [0.717, 1.165) is 6.42 Å². The van der Waals surface area contributed by atoms with Gasteiger partial charge in [0.25, 0.3) is 0 Å². The Morgan fingerprint density at radius 2 is 2.21 bits per heavy atom. The number of aliphatic hydroxyl groups excluding tert-OH is 1. The second-order valence-electron chi connectivity index (χ2n) is 5.10. The number of hydrogen-bond acceptors (Lipinski definition) is 1. The van der Waals surface area contributed by atoms with Crippen molar-refractivity contribution in [3.63, 3.8) is 0 Å². The van der Waals surface area contributed by atoms with Gasteiger partial charge in [-0.3, -0.25) is 0 Å². The topological polar surface area (TPSA) is 20.2 Å². The summed E-state index contributed by atoms with van der Waals surface area (Å²) >= 11 is 0. The molecule has 1 aliphatic carbocycles. The van der Waals surface area contributed by atoms with Crippen molar-refractivity contribution in [2.24, 2.45) is 11.3 Å². The molecule has 0 aromatic carbocycles. The fourth-order valence-electron chi connectivity index (χ4n) is 2.30. The Bertz CT molecular complexity index is 236. The largest absolute Gasteiger partial charge is 0.389 e. The lowest BCUT2D eigenvalue weighted by atomic mass is 9.66. The first-order valence-corrected chi connectivity index (χ1v) is 5.47. The summed E-state index contributed by atoms with van der Waals surface area (Å²) in [4.78, 5) is 0. The van der Waals surface area contributed by atoms with Crippen LogP contribution in [0.5, 0.6) is 0 Å². The van der Waals surface area contributed by atoms with Gasteiger partial charge >= 0.3 is 0 Å². The van der Waals surface area contributed by atoms with Gasteiger partial charge in [0.2, 0.25) is 0 Å². The first-order chi connectivity index (χ1) is 6.43. The molecule has 2 atom stereocenters. The van der Waals surface area contributed by atoms with Gasteiger partial charge in [-0.05, 0) is 31.6 Å². The summed E-state index contributed by atoms with van der Waals surface area (Å²) in [5.74, 6) is 0.436. The number of rotatable bonds is 2. The molecule has 0 aromatic rings. The first-order valence-electron chi connectivity index (χ1n) is 5.47. The fraction of sp³-hybridized carbons (Fsp3) is 0.692. The van der Waals surface area contributed by atoms with Crippen LogP contribution in [0.25, 0.3) is 0 Å². The third-order valence-corrected chi connectivity index (χ3v) is 3.18. The molecule has 1 nitrogen and oxygen atoms in total. The zero-order valence-corrected chi connectivity index (χ0v) is 9.59. The predicted molar refractivity (Wildman–Crippen MR) is 61.1 cm³/mol. The normalized spacial score (nSPS) is 29.4. The molecule has 0 aromatic heterocycles. The summed E-state index contributed by atoms with van der Waals surface area (Å²) in [6.07, 6.45) is 7.31. The van der Waals surface area contributed by atoms with E-state index < -0.39 is 0 Å². The van der Waals surface area contributed by atoms with Crippen molar-refractivity contribution in [1.29, 1.82) is 0 Å². The van der Waals surface area contributed by atoms with Crippen LogP contribution in [0, 0.1) is 11.3 Å². The Balaban J connectivity index is 2.75. The maximum Gasteiger partial charge on any atom is 0.0692 e. The maximum absolute atomic E-state index is 9.22. The molecule has 1 aliphatic rings. The molecule has 0 bridgehead atoms. The lowest BCUT2D eigenvalue weighted by molar-refractivity contribution is 0.220. The van der Waals surface area contributed by atoms with Gasteiger partial charge in [-0.1, -0.05) is 38.2 Å². The Morgan fingerprint density at radius 1 is 1.57 bits per heavy atom. The van der Waals surface area contributed by atoms with Crippen molar-refractivity contribution in [2.45, 2.75) is 46.1 Å². The molecule has 14 heavy (non-hydrogen) atoms. The highest BCUT2D eigenvalue weighted by Gasteiger charge is 2.32. The average Bonchev–Trinajstić information content (AvgIpc) is 2.01. The second-order valence-corrected chi connectivity index (χ2v) is 5.10. The highest BCUT2D eigenvalue weighted by atomic mass is 16.3. The monoisotopic (exact) mass is 194 g/mol. The predicted octanol–water partition coefficient (Wildman–Crippen LogP) is 3.31. The van der Waals surface area contributed by atoms with E-state index in [4.69, 9.17) is 0 Å². The van der Waals surface area contributed by atoms with E-state index in [1.54, 1.807) is 6.92 Å². The molecule has 80 valence electrons. The van der Waals surface area contributed by atoms with E-state index in [0.29, 0.717) is 11.3 Å². The van der Waals surface area contributed by atoms with Gasteiger partial charge in [0.05, 0.1) is 6.10 Å². The van der Waals surface area contributed by atoms with E-state index >= 15 is 0 Å². The van der Waals surface area contributed by atoms with Gasteiger partial charge in [0.15, 0.2) is 0 Å². The summed E-state index contributed by atoms with van der Waals surface area (Å²) in [7, 11) is 0.